The van der Waals surface area contributed by atoms with Gasteiger partial charge in [-0.2, -0.15) is 0 Å². The Hall–Kier alpha value is -1.53. The maximum atomic E-state index is 13.1. The van der Waals surface area contributed by atoms with E-state index in [0.717, 1.165) is 20.8 Å². The van der Waals surface area contributed by atoms with E-state index in [1.54, 1.807) is 0 Å². The molecular weight excluding hydrogens is 334 g/mol. The quantitative estimate of drug-likeness (QED) is 0.703. The van der Waals surface area contributed by atoms with E-state index in [1.807, 2.05) is 18.2 Å². The van der Waals surface area contributed by atoms with Gasteiger partial charge >= 0.3 is 0 Å². The first-order chi connectivity index (χ1) is 9.10. The van der Waals surface area contributed by atoms with E-state index in [4.69, 9.17) is 0 Å². The molecule has 1 heterocycles. The summed E-state index contributed by atoms with van der Waals surface area (Å²) in [5.41, 5.74) is 1.18. The van der Waals surface area contributed by atoms with E-state index in [2.05, 4.69) is 26.2 Å². The summed E-state index contributed by atoms with van der Waals surface area (Å²) in [4.78, 5) is 4.36. The van der Waals surface area contributed by atoms with Gasteiger partial charge in [0.25, 0.3) is 0 Å². The lowest BCUT2D eigenvalue weighted by atomic mass is 10.3. The lowest BCUT2D eigenvalue weighted by Crippen LogP contribution is -1.91. The van der Waals surface area contributed by atoms with Gasteiger partial charge in [0.15, 0.2) is 5.13 Å². The molecule has 0 atom stereocenters. The molecular formula is C13H7BrF2N2S. The average Bonchev–Trinajstić information content (AvgIpc) is 2.68. The highest BCUT2D eigenvalue weighted by molar-refractivity contribution is 9.10. The summed E-state index contributed by atoms with van der Waals surface area (Å²) in [6.07, 6.45) is 0. The molecule has 19 heavy (non-hydrogen) atoms. The molecule has 3 rings (SSSR count). The number of halogens is 3. The van der Waals surface area contributed by atoms with Crippen LogP contribution in [0.4, 0.5) is 19.6 Å². The lowest BCUT2D eigenvalue weighted by Gasteiger charge is -2.02. The summed E-state index contributed by atoms with van der Waals surface area (Å²) < 4.78 is 28.1. The Kier molecular flexibility index (Phi) is 3.20. The first-order valence-electron chi connectivity index (χ1n) is 5.39. The van der Waals surface area contributed by atoms with Crippen LogP contribution in [0.3, 0.4) is 0 Å². The molecule has 0 bridgehead atoms. The molecule has 0 unspecified atom stereocenters. The van der Waals surface area contributed by atoms with Crippen molar-refractivity contribution in [2.75, 3.05) is 5.32 Å². The normalized spacial score (nSPS) is 10.9. The van der Waals surface area contributed by atoms with E-state index in [-0.39, 0.29) is 0 Å². The average molecular weight is 341 g/mol. The molecule has 2 aromatic carbocycles. The number of benzene rings is 2. The van der Waals surface area contributed by atoms with Crippen LogP contribution >= 0.6 is 27.3 Å². The van der Waals surface area contributed by atoms with Crippen LogP contribution in [0.5, 0.6) is 0 Å². The number of rotatable bonds is 2. The summed E-state index contributed by atoms with van der Waals surface area (Å²) in [7, 11) is 0. The van der Waals surface area contributed by atoms with Gasteiger partial charge in [-0.25, -0.2) is 13.8 Å². The van der Waals surface area contributed by atoms with Gasteiger partial charge in [-0.15, -0.1) is 0 Å². The topological polar surface area (TPSA) is 24.9 Å². The van der Waals surface area contributed by atoms with Crippen molar-refractivity contribution in [2.24, 2.45) is 0 Å². The molecule has 0 saturated carbocycles. The number of aromatic nitrogens is 1. The molecule has 96 valence electrons. The molecule has 6 heteroatoms. The van der Waals surface area contributed by atoms with Crippen molar-refractivity contribution >= 4 is 48.3 Å². The van der Waals surface area contributed by atoms with E-state index in [9.17, 15) is 8.78 Å². The number of hydrogen-bond donors (Lipinski definition) is 1. The zero-order chi connectivity index (χ0) is 13.4. The molecule has 0 fully saturated rings. The molecule has 0 radical (unpaired) electrons. The number of anilines is 2. The summed E-state index contributed by atoms with van der Waals surface area (Å²) in [6, 6.07) is 9.04. The van der Waals surface area contributed by atoms with Gasteiger partial charge in [0.2, 0.25) is 0 Å². The molecule has 0 saturated heterocycles. The van der Waals surface area contributed by atoms with E-state index in [1.165, 1.54) is 23.5 Å². The van der Waals surface area contributed by atoms with Crippen molar-refractivity contribution in [3.63, 3.8) is 0 Å². The molecule has 1 aromatic heterocycles. The summed E-state index contributed by atoms with van der Waals surface area (Å²) in [5.74, 6) is -1.24. The van der Waals surface area contributed by atoms with Crippen LogP contribution in [0, 0.1) is 11.6 Å². The predicted octanol–water partition coefficient (Wildman–Crippen LogP) is 5.08. The summed E-state index contributed by atoms with van der Waals surface area (Å²) >= 11 is 4.80. The fourth-order valence-corrected chi connectivity index (χ4v) is 2.92. The van der Waals surface area contributed by atoms with Crippen molar-refractivity contribution in [3.05, 3.63) is 52.5 Å². The van der Waals surface area contributed by atoms with Gasteiger partial charge in [0, 0.05) is 16.2 Å². The fourth-order valence-electron chi connectivity index (χ4n) is 1.70. The number of thiazole rings is 1. The van der Waals surface area contributed by atoms with E-state index in [0.29, 0.717) is 10.8 Å². The highest BCUT2D eigenvalue weighted by Gasteiger charge is 2.06. The molecule has 1 N–H and O–H groups in total. The van der Waals surface area contributed by atoms with Crippen molar-refractivity contribution in [2.45, 2.75) is 0 Å². The zero-order valence-corrected chi connectivity index (χ0v) is 11.9. The van der Waals surface area contributed by atoms with Crippen LogP contribution in [-0.2, 0) is 0 Å². The largest absolute Gasteiger partial charge is 0.331 e. The Labute approximate surface area is 120 Å². The minimum Gasteiger partial charge on any atom is -0.331 e. The summed E-state index contributed by atoms with van der Waals surface area (Å²) in [6.45, 7) is 0. The fraction of sp³-hybridized carbons (Fsp3) is 0. The minimum atomic E-state index is -0.619. The highest BCUT2D eigenvalue weighted by atomic mass is 79.9. The molecule has 3 aromatic rings. The molecule has 0 aliphatic rings. The summed E-state index contributed by atoms with van der Waals surface area (Å²) in [5, 5.41) is 3.50. The standard InChI is InChI=1S/C13H7BrF2N2S/c14-7-1-2-12-11(3-7)18-13(19-12)17-10-5-8(15)4-9(16)6-10/h1-6H,(H,17,18). The number of nitrogens with zero attached hydrogens (tertiary/aromatic N) is 1. The zero-order valence-electron chi connectivity index (χ0n) is 9.45. The van der Waals surface area contributed by atoms with Crippen LogP contribution < -0.4 is 5.32 Å². The van der Waals surface area contributed by atoms with Crippen molar-refractivity contribution in [3.8, 4) is 0 Å². The van der Waals surface area contributed by atoms with Gasteiger partial charge in [-0.05, 0) is 30.3 Å². The number of fused-ring (bicyclic) bond motifs is 1. The van der Waals surface area contributed by atoms with Crippen LogP contribution in [0.2, 0.25) is 0 Å². The smallest absolute Gasteiger partial charge is 0.188 e. The molecule has 2 nitrogen and oxygen atoms in total. The molecule has 0 amide bonds. The van der Waals surface area contributed by atoms with Gasteiger partial charge in [-0.1, -0.05) is 27.3 Å². The Balaban J connectivity index is 1.96. The van der Waals surface area contributed by atoms with E-state index >= 15 is 0 Å². The maximum absolute atomic E-state index is 13.1. The van der Waals surface area contributed by atoms with Crippen LogP contribution in [0.15, 0.2) is 40.9 Å². The van der Waals surface area contributed by atoms with Gasteiger partial charge in [0.05, 0.1) is 10.2 Å². The SMILES string of the molecule is Fc1cc(F)cc(Nc2nc3cc(Br)ccc3s2)c1. The van der Waals surface area contributed by atoms with Crippen molar-refractivity contribution in [1.29, 1.82) is 0 Å². The van der Waals surface area contributed by atoms with Crippen LogP contribution in [0.25, 0.3) is 10.2 Å². The van der Waals surface area contributed by atoms with Crippen LogP contribution in [0.1, 0.15) is 0 Å². The Morgan fingerprint density at radius 2 is 1.79 bits per heavy atom. The third-order valence-corrected chi connectivity index (χ3v) is 3.91. The van der Waals surface area contributed by atoms with Crippen molar-refractivity contribution in [1.82, 2.24) is 4.98 Å². The number of hydrogen-bond acceptors (Lipinski definition) is 3. The third-order valence-electron chi connectivity index (χ3n) is 2.46. The molecule has 0 spiro atoms. The second-order valence-corrected chi connectivity index (χ2v) is 5.86. The highest BCUT2D eigenvalue weighted by Crippen LogP contribution is 2.30. The number of nitrogens with one attached hydrogen (secondary N) is 1. The Morgan fingerprint density at radius 1 is 1.05 bits per heavy atom. The Morgan fingerprint density at radius 3 is 2.53 bits per heavy atom. The Bertz CT molecular complexity index is 737. The minimum absolute atomic E-state index is 0.343. The first-order valence-corrected chi connectivity index (χ1v) is 7.00. The van der Waals surface area contributed by atoms with Crippen LogP contribution in [-0.4, -0.2) is 4.98 Å². The second-order valence-electron chi connectivity index (χ2n) is 3.91. The molecule has 0 aliphatic carbocycles. The lowest BCUT2D eigenvalue weighted by molar-refractivity contribution is 0.584. The van der Waals surface area contributed by atoms with E-state index < -0.39 is 11.6 Å². The molecule has 0 aliphatic heterocycles. The van der Waals surface area contributed by atoms with Gasteiger partial charge < -0.3 is 5.32 Å². The maximum Gasteiger partial charge on any atom is 0.188 e. The van der Waals surface area contributed by atoms with Gasteiger partial charge in [0.1, 0.15) is 11.6 Å². The predicted molar refractivity (Wildman–Crippen MR) is 77.0 cm³/mol. The van der Waals surface area contributed by atoms with Gasteiger partial charge in [-0.3, -0.25) is 0 Å². The monoisotopic (exact) mass is 340 g/mol. The second kappa shape index (κ2) is 4.86. The first kappa shape index (κ1) is 12.5. The third kappa shape index (κ3) is 2.74. The van der Waals surface area contributed by atoms with Crippen molar-refractivity contribution < 1.29 is 8.78 Å².